The van der Waals surface area contributed by atoms with Gasteiger partial charge in [-0.15, -0.1) is 0 Å². The highest BCUT2D eigenvalue weighted by Crippen LogP contribution is 2.27. The van der Waals surface area contributed by atoms with E-state index in [2.05, 4.69) is 6.58 Å². The van der Waals surface area contributed by atoms with Crippen LogP contribution < -0.4 is 4.74 Å². The third kappa shape index (κ3) is 3.20. The second kappa shape index (κ2) is 5.97. The molecule has 2 aromatic rings. The van der Waals surface area contributed by atoms with Crippen LogP contribution in [0.4, 0.5) is 10.1 Å². The first kappa shape index (κ1) is 13.7. The van der Waals surface area contributed by atoms with Crippen molar-refractivity contribution < 1.29 is 14.1 Å². The quantitative estimate of drug-likeness (QED) is 0.614. The third-order valence-corrected chi connectivity index (χ3v) is 2.72. The summed E-state index contributed by atoms with van der Waals surface area (Å²) >= 11 is 0. The zero-order valence-corrected chi connectivity index (χ0v) is 10.6. The van der Waals surface area contributed by atoms with Gasteiger partial charge in [-0.05, 0) is 29.3 Å². The number of ether oxygens (including phenoxy) is 1. The van der Waals surface area contributed by atoms with Crippen LogP contribution in [0.2, 0.25) is 0 Å². The number of nitrogens with zero attached hydrogens (tertiary/aromatic N) is 1. The zero-order chi connectivity index (χ0) is 14.5. The molecule has 0 spiro atoms. The van der Waals surface area contributed by atoms with Gasteiger partial charge in [-0.2, -0.15) is 0 Å². The summed E-state index contributed by atoms with van der Waals surface area (Å²) < 4.78 is 18.2. The highest BCUT2D eigenvalue weighted by Gasteiger charge is 2.13. The summed E-state index contributed by atoms with van der Waals surface area (Å²) in [6, 6.07) is 11.9. The van der Waals surface area contributed by atoms with Gasteiger partial charge >= 0.3 is 5.69 Å². The molecule has 0 saturated heterocycles. The Hall–Kier alpha value is -2.69. The maximum atomic E-state index is 12.8. The van der Waals surface area contributed by atoms with Crippen molar-refractivity contribution in [2.75, 3.05) is 6.61 Å². The summed E-state index contributed by atoms with van der Waals surface area (Å²) in [5.74, 6) is -0.151. The monoisotopic (exact) mass is 273 g/mol. The number of benzene rings is 2. The van der Waals surface area contributed by atoms with Crippen LogP contribution >= 0.6 is 0 Å². The first-order chi connectivity index (χ1) is 9.58. The molecule has 4 nitrogen and oxygen atoms in total. The molecule has 0 fully saturated rings. The number of para-hydroxylation sites is 2. The van der Waals surface area contributed by atoms with Gasteiger partial charge in [-0.3, -0.25) is 10.1 Å². The molecule has 0 radical (unpaired) electrons. The summed E-state index contributed by atoms with van der Waals surface area (Å²) in [6.45, 7) is 3.92. The fraction of sp³-hybridized carbons (Fsp3) is 0.0667. The first-order valence-corrected chi connectivity index (χ1v) is 5.88. The van der Waals surface area contributed by atoms with Crippen LogP contribution in [0.3, 0.4) is 0 Å². The summed E-state index contributed by atoms with van der Waals surface area (Å²) in [7, 11) is 0. The molecule has 0 unspecified atom stereocenters. The lowest BCUT2D eigenvalue weighted by Crippen LogP contribution is -2.02. The van der Waals surface area contributed by atoms with Gasteiger partial charge in [-0.1, -0.05) is 30.8 Å². The van der Waals surface area contributed by atoms with Crippen LogP contribution in [0.25, 0.3) is 5.57 Å². The van der Waals surface area contributed by atoms with Crippen LogP contribution in [-0.2, 0) is 0 Å². The Bertz CT molecular complexity index is 638. The molecule has 0 bridgehead atoms. The predicted molar refractivity (Wildman–Crippen MR) is 74.0 cm³/mol. The molecule has 0 atom stereocenters. The average molecular weight is 273 g/mol. The minimum Gasteiger partial charge on any atom is -0.482 e. The van der Waals surface area contributed by atoms with Gasteiger partial charge < -0.3 is 4.74 Å². The second-order valence-electron chi connectivity index (χ2n) is 4.12. The average Bonchev–Trinajstić information content (AvgIpc) is 2.45. The fourth-order valence-electron chi connectivity index (χ4n) is 1.66. The predicted octanol–water partition coefficient (Wildman–Crippen LogP) is 3.83. The van der Waals surface area contributed by atoms with Crippen LogP contribution in [-0.4, -0.2) is 11.5 Å². The fourth-order valence-corrected chi connectivity index (χ4v) is 1.66. The Morgan fingerprint density at radius 3 is 2.50 bits per heavy atom. The number of hydrogen-bond donors (Lipinski definition) is 0. The third-order valence-electron chi connectivity index (χ3n) is 2.72. The summed E-state index contributed by atoms with van der Waals surface area (Å²) in [5.41, 5.74) is 1.24. The second-order valence-corrected chi connectivity index (χ2v) is 4.12. The van der Waals surface area contributed by atoms with Gasteiger partial charge in [-0.25, -0.2) is 4.39 Å². The number of halogens is 1. The molecule has 0 aromatic heterocycles. The Balaban J connectivity index is 2.07. The summed E-state index contributed by atoms with van der Waals surface area (Å²) in [6.07, 6.45) is 0. The van der Waals surface area contributed by atoms with Gasteiger partial charge in [0.15, 0.2) is 5.75 Å². The SMILES string of the molecule is C=C(COc1ccccc1[N+](=O)[O-])c1ccc(F)cc1. The van der Waals surface area contributed by atoms with Crippen LogP contribution in [0.1, 0.15) is 5.56 Å². The van der Waals surface area contributed by atoms with E-state index >= 15 is 0 Å². The Morgan fingerprint density at radius 1 is 1.20 bits per heavy atom. The van der Waals surface area contributed by atoms with Crippen LogP contribution in [0, 0.1) is 15.9 Å². The number of nitro groups is 1. The Labute approximate surface area is 115 Å². The van der Waals surface area contributed by atoms with E-state index in [4.69, 9.17) is 4.74 Å². The van der Waals surface area contributed by atoms with Crippen molar-refractivity contribution in [2.45, 2.75) is 0 Å². The summed E-state index contributed by atoms with van der Waals surface area (Å²) in [5, 5.41) is 10.8. The normalized spacial score (nSPS) is 10.1. The van der Waals surface area contributed by atoms with E-state index in [0.29, 0.717) is 5.57 Å². The maximum absolute atomic E-state index is 12.8. The van der Waals surface area contributed by atoms with Crippen LogP contribution in [0.5, 0.6) is 5.75 Å². The van der Waals surface area contributed by atoms with Crippen molar-refractivity contribution in [1.82, 2.24) is 0 Å². The topological polar surface area (TPSA) is 52.4 Å². The van der Waals surface area contributed by atoms with Crippen molar-refractivity contribution in [3.8, 4) is 5.75 Å². The van der Waals surface area contributed by atoms with Gasteiger partial charge in [0, 0.05) is 6.07 Å². The molecule has 2 aromatic carbocycles. The minimum atomic E-state index is -0.504. The largest absolute Gasteiger partial charge is 0.482 e. The molecule has 0 amide bonds. The smallest absolute Gasteiger partial charge is 0.310 e. The van der Waals surface area contributed by atoms with E-state index in [1.165, 1.54) is 24.3 Å². The van der Waals surface area contributed by atoms with E-state index in [9.17, 15) is 14.5 Å². The molecule has 0 heterocycles. The van der Waals surface area contributed by atoms with Crippen LogP contribution in [0.15, 0.2) is 55.1 Å². The molecule has 0 aliphatic rings. The van der Waals surface area contributed by atoms with Crippen molar-refractivity contribution in [3.05, 3.63) is 76.6 Å². The summed E-state index contributed by atoms with van der Waals surface area (Å²) in [4.78, 5) is 10.3. The minimum absolute atomic E-state index is 0.0937. The number of nitro benzene ring substituents is 1. The molecular formula is C15H12FNO3. The molecular weight excluding hydrogens is 261 g/mol. The maximum Gasteiger partial charge on any atom is 0.310 e. The molecule has 2 rings (SSSR count). The van der Waals surface area contributed by atoms with E-state index in [-0.39, 0.29) is 23.9 Å². The lowest BCUT2D eigenvalue weighted by molar-refractivity contribution is -0.385. The number of hydrogen-bond acceptors (Lipinski definition) is 3. The molecule has 0 N–H and O–H groups in total. The van der Waals surface area contributed by atoms with Gasteiger partial charge in [0.2, 0.25) is 0 Å². The zero-order valence-electron chi connectivity index (χ0n) is 10.6. The lowest BCUT2D eigenvalue weighted by Gasteiger charge is -2.09. The van der Waals surface area contributed by atoms with E-state index in [1.807, 2.05) is 0 Å². The van der Waals surface area contributed by atoms with Crippen molar-refractivity contribution >= 4 is 11.3 Å². The lowest BCUT2D eigenvalue weighted by atomic mass is 10.1. The molecule has 0 saturated carbocycles. The van der Waals surface area contributed by atoms with Crippen molar-refractivity contribution in [2.24, 2.45) is 0 Å². The Kier molecular flexibility index (Phi) is 4.10. The molecule has 0 aliphatic heterocycles. The number of rotatable bonds is 5. The van der Waals surface area contributed by atoms with Gasteiger partial charge in [0.1, 0.15) is 12.4 Å². The van der Waals surface area contributed by atoms with Gasteiger partial charge in [0.05, 0.1) is 4.92 Å². The molecule has 20 heavy (non-hydrogen) atoms. The van der Waals surface area contributed by atoms with E-state index < -0.39 is 4.92 Å². The van der Waals surface area contributed by atoms with Crippen molar-refractivity contribution in [1.29, 1.82) is 0 Å². The molecule has 0 aliphatic carbocycles. The Morgan fingerprint density at radius 2 is 1.85 bits per heavy atom. The van der Waals surface area contributed by atoms with Gasteiger partial charge in [0.25, 0.3) is 0 Å². The van der Waals surface area contributed by atoms with E-state index in [1.54, 1.807) is 24.3 Å². The molecule has 5 heteroatoms. The standard InChI is InChI=1S/C15H12FNO3/c1-11(12-6-8-13(16)9-7-12)10-20-15-5-3-2-4-14(15)17(18)19/h2-9H,1,10H2. The first-order valence-electron chi connectivity index (χ1n) is 5.88. The highest BCUT2D eigenvalue weighted by molar-refractivity contribution is 5.64. The van der Waals surface area contributed by atoms with Crippen molar-refractivity contribution in [3.63, 3.8) is 0 Å². The highest BCUT2D eigenvalue weighted by atomic mass is 19.1. The van der Waals surface area contributed by atoms with E-state index in [0.717, 1.165) is 5.56 Å². The molecule has 102 valence electrons.